The second-order valence-corrected chi connectivity index (χ2v) is 8.79. The topological polar surface area (TPSA) is 127 Å². The number of para-hydroxylation sites is 1. The van der Waals surface area contributed by atoms with Crippen molar-refractivity contribution in [1.82, 2.24) is 14.9 Å². The Morgan fingerprint density at radius 2 is 1.97 bits per heavy atom. The minimum atomic E-state index is -0.958. The number of cyclic esters (lactones) is 1. The second kappa shape index (κ2) is 10.1. The van der Waals surface area contributed by atoms with Crippen LogP contribution in [-0.4, -0.2) is 90.4 Å². The van der Waals surface area contributed by atoms with Gasteiger partial charge in [0.1, 0.15) is 25.4 Å². The number of methoxy groups -OCH3 is 1. The fourth-order valence-electron chi connectivity index (χ4n) is 4.41. The summed E-state index contributed by atoms with van der Waals surface area (Å²) in [6.45, 7) is 1.52. The third-order valence-corrected chi connectivity index (χ3v) is 6.24. The van der Waals surface area contributed by atoms with Crippen LogP contribution in [0.3, 0.4) is 0 Å². The van der Waals surface area contributed by atoms with Gasteiger partial charge >= 0.3 is 6.09 Å². The highest BCUT2D eigenvalue weighted by Gasteiger charge is 2.37. The van der Waals surface area contributed by atoms with E-state index in [4.69, 9.17) is 18.9 Å². The quantitative estimate of drug-likeness (QED) is 0.476. The van der Waals surface area contributed by atoms with E-state index in [-0.39, 0.29) is 19.6 Å². The maximum atomic E-state index is 12.5. The Bertz CT molecular complexity index is 1260. The number of aliphatic hydroxyl groups is 2. The van der Waals surface area contributed by atoms with E-state index in [2.05, 4.69) is 9.97 Å². The Morgan fingerprint density at radius 1 is 1.17 bits per heavy atom. The zero-order chi connectivity index (χ0) is 25.2. The molecule has 0 unspecified atom stereocenters. The minimum Gasteiger partial charge on any atom is -0.486 e. The van der Waals surface area contributed by atoms with Crippen LogP contribution in [0.4, 0.5) is 10.5 Å². The lowest BCUT2D eigenvalue weighted by atomic mass is 10.1. The summed E-state index contributed by atoms with van der Waals surface area (Å²) in [5.41, 5.74) is 2.41. The molecule has 1 amide bonds. The summed E-state index contributed by atoms with van der Waals surface area (Å²) in [5, 5.41) is 21.7. The molecule has 3 atom stereocenters. The van der Waals surface area contributed by atoms with Crippen molar-refractivity contribution < 1.29 is 34.0 Å². The summed E-state index contributed by atoms with van der Waals surface area (Å²) >= 11 is 0. The maximum absolute atomic E-state index is 12.5. The van der Waals surface area contributed by atoms with Crippen LogP contribution in [0, 0.1) is 0 Å². The van der Waals surface area contributed by atoms with Gasteiger partial charge in [-0.1, -0.05) is 12.1 Å². The number of carbonyl (C=O) groups excluding carboxylic acids is 1. The summed E-state index contributed by atoms with van der Waals surface area (Å²) in [6.07, 6.45) is -1.58. The number of hydrogen-bond acceptors (Lipinski definition) is 10. The Kier molecular flexibility index (Phi) is 6.77. The van der Waals surface area contributed by atoms with Crippen LogP contribution in [0.1, 0.15) is 11.7 Å². The Morgan fingerprint density at radius 3 is 2.78 bits per heavy atom. The van der Waals surface area contributed by atoms with Crippen molar-refractivity contribution >= 4 is 22.8 Å². The van der Waals surface area contributed by atoms with Gasteiger partial charge < -0.3 is 34.1 Å². The Labute approximate surface area is 207 Å². The van der Waals surface area contributed by atoms with E-state index < -0.39 is 24.4 Å². The van der Waals surface area contributed by atoms with Gasteiger partial charge in [0.25, 0.3) is 0 Å². The number of likely N-dealkylation sites (N-methyl/N-ethyl adjacent to an activating group) is 1. The molecule has 2 aliphatic heterocycles. The van der Waals surface area contributed by atoms with Crippen molar-refractivity contribution in [1.29, 1.82) is 0 Å². The number of aromatic nitrogens is 2. The number of benzene rings is 2. The number of anilines is 1. The van der Waals surface area contributed by atoms with Gasteiger partial charge in [0, 0.05) is 24.7 Å². The van der Waals surface area contributed by atoms with E-state index in [0.717, 1.165) is 0 Å². The number of amides is 1. The highest BCUT2D eigenvalue weighted by Crippen LogP contribution is 2.35. The first kappa shape index (κ1) is 24.0. The van der Waals surface area contributed by atoms with Gasteiger partial charge in [0.2, 0.25) is 5.88 Å². The summed E-state index contributed by atoms with van der Waals surface area (Å²) < 4.78 is 21.7. The van der Waals surface area contributed by atoms with Crippen molar-refractivity contribution in [3.63, 3.8) is 0 Å². The first-order chi connectivity index (χ1) is 17.4. The van der Waals surface area contributed by atoms with Crippen molar-refractivity contribution in [2.75, 3.05) is 51.9 Å². The fourth-order valence-corrected chi connectivity index (χ4v) is 4.41. The second-order valence-electron chi connectivity index (χ2n) is 8.79. The number of carbonyl (C=O) groups is 1. The van der Waals surface area contributed by atoms with E-state index in [9.17, 15) is 15.0 Å². The number of rotatable bonds is 8. The van der Waals surface area contributed by atoms with Crippen LogP contribution in [0.5, 0.6) is 17.4 Å². The van der Waals surface area contributed by atoms with Crippen LogP contribution in [0.15, 0.2) is 42.6 Å². The van der Waals surface area contributed by atoms with Crippen molar-refractivity contribution in [3.05, 3.63) is 48.2 Å². The molecule has 36 heavy (non-hydrogen) atoms. The normalized spacial score (nSPS) is 18.9. The van der Waals surface area contributed by atoms with E-state index in [0.29, 0.717) is 52.9 Å². The van der Waals surface area contributed by atoms with Crippen LogP contribution in [-0.2, 0) is 4.74 Å². The Balaban J connectivity index is 1.21. The van der Waals surface area contributed by atoms with Crippen molar-refractivity contribution in [2.24, 2.45) is 0 Å². The van der Waals surface area contributed by atoms with E-state index in [1.165, 1.54) is 18.2 Å². The maximum Gasteiger partial charge on any atom is 0.414 e. The molecule has 0 bridgehead atoms. The lowest BCUT2D eigenvalue weighted by Gasteiger charge is -2.25. The molecule has 1 aromatic heterocycles. The molecule has 1 saturated heterocycles. The van der Waals surface area contributed by atoms with Crippen molar-refractivity contribution in [2.45, 2.75) is 18.3 Å². The first-order valence-corrected chi connectivity index (χ1v) is 11.6. The molecule has 2 N–H and O–H groups in total. The van der Waals surface area contributed by atoms with Gasteiger partial charge in [0.15, 0.2) is 11.5 Å². The molecule has 2 aliphatic rings. The van der Waals surface area contributed by atoms with Crippen LogP contribution in [0.2, 0.25) is 0 Å². The molecule has 0 saturated carbocycles. The lowest BCUT2D eigenvalue weighted by Crippen LogP contribution is -2.40. The first-order valence-electron chi connectivity index (χ1n) is 11.6. The summed E-state index contributed by atoms with van der Waals surface area (Å²) in [6, 6.07) is 10.6. The number of aliphatic hydroxyl groups excluding tert-OH is 2. The Hall–Kier alpha value is -3.67. The molecule has 0 aliphatic carbocycles. The van der Waals surface area contributed by atoms with Crippen LogP contribution >= 0.6 is 0 Å². The van der Waals surface area contributed by atoms with Crippen LogP contribution < -0.4 is 19.1 Å². The average molecular weight is 497 g/mol. The van der Waals surface area contributed by atoms with Gasteiger partial charge in [-0.2, -0.15) is 0 Å². The van der Waals surface area contributed by atoms with E-state index in [1.807, 2.05) is 6.07 Å². The number of nitrogens with zero attached hydrogens (tertiary/aromatic N) is 4. The SMILES string of the molecule is COc1cnc2cccc([C@@H](O)CN(C)C[C@@H](O)[C@H]3CN(c4ccc5c(c4)OCCO5)C(=O)O3)c2n1. The number of fused-ring (bicyclic) bond motifs is 2. The minimum absolute atomic E-state index is 0.184. The van der Waals surface area contributed by atoms with Crippen LogP contribution in [0.25, 0.3) is 11.0 Å². The molecule has 11 heteroatoms. The molecule has 3 heterocycles. The third kappa shape index (κ3) is 4.85. The lowest BCUT2D eigenvalue weighted by molar-refractivity contribution is 0.00738. The molecule has 5 rings (SSSR count). The van der Waals surface area contributed by atoms with Gasteiger partial charge in [-0.15, -0.1) is 0 Å². The molecule has 3 aromatic rings. The highest BCUT2D eigenvalue weighted by atomic mass is 16.6. The molecule has 0 radical (unpaired) electrons. The fraction of sp³-hybridized carbons (Fsp3) is 0.400. The van der Waals surface area contributed by atoms with Gasteiger partial charge in [-0.3, -0.25) is 4.90 Å². The molecule has 11 nitrogen and oxygen atoms in total. The van der Waals surface area contributed by atoms with E-state index in [1.54, 1.807) is 42.3 Å². The largest absolute Gasteiger partial charge is 0.486 e. The monoisotopic (exact) mass is 496 g/mol. The van der Waals surface area contributed by atoms with Crippen molar-refractivity contribution in [3.8, 4) is 17.4 Å². The predicted molar refractivity (Wildman–Crippen MR) is 130 cm³/mol. The average Bonchev–Trinajstić information content (AvgIpc) is 3.29. The number of ether oxygens (including phenoxy) is 4. The van der Waals surface area contributed by atoms with E-state index >= 15 is 0 Å². The molecule has 0 spiro atoms. The molecular formula is C25H28N4O7. The summed E-state index contributed by atoms with van der Waals surface area (Å²) in [4.78, 5) is 24.5. The van der Waals surface area contributed by atoms with Gasteiger partial charge in [0.05, 0.1) is 42.7 Å². The molecular weight excluding hydrogens is 468 g/mol. The zero-order valence-electron chi connectivity index (χ0n) is 20.0. The zero-order valence-corrected chi connectivity index (χ0v) is 20.0. The molecule has 190 valence electrons. The van der Waals surface area contributed by atoms with Gasteiger partial charge in [-0.25, -0.2) is 14.8 Å². The van der Waals surface area contributed by atoms with Gasteiger partial charge in [-0.05, 0) is 25.2 Å². The molecule has 2 aromatic carbocycles. The highest BCUT2D eigenvalue weighted by molar-refractivity contribution is 5.90. The predicted octanol–water partition coefficient (Wildman–Crippen LogP) is 1.76. The molecule has 1 fully saturated rings. The number of hydrogen-bond donors (Lipinski definition) is 2. The third-order valence-electron chi connectivity index (χ3n) is 6.24. The summed E-state index contributed by atoms with van der Waals surface area (Å²) in [7, 11) is 3.29. The summed E-state index contributed by atoms with van der Waals surface area (Å²) in [5.74, 6) is 1.56. The standard InChI is InChI=1S/C25H28N4O7/c1-28(12-18(30)16-4-3-5-17-24(16)27-23(33-2)11-26-17)13-19(31)22-14-29(25(32)36-22)15-6-7-20-21(10-15)35-9-8-34-20/h3-7,10-11,18-19,22,30-31H,8-9,12-14H2,1-2H3/t18-,19+,22+/m0/s1. The smallest absolute Gasteiger partial charge is 0.414 e.